The van der Waals surface area contributed by atoms with Crippen molar-refractivity contribution in [3.8, 4) is 0 Å². The molecule has 0 aromatic heterocycles. The molecule has 0 aliphatic heterocycles. The molecule has 5 aliphatic rings. The van der Waals surface area contributed by atoms with Crippen LogP contribution in [0.3, 0.4) is 0 Å². The first-order valence-corrected chi connectivity index (χ1v) is 9.69. The van der Waals surface area contributed by atoms with Crippen molar-refractivity contribution in [3.05, 3.63) is 0 Å². The molecule has 2 bridgehead atoms. The van der Waals surface area contributed by atoms with E-state index in [1.54, 1.807) is 19.3 Å². The van der Waals surface area contributed by atoms with Crippen LogP contribution in [0.15, 0.2) is 0 Å². The summed E-state index contributed by atoms with van der Waals surface area (Å²) < 4.78 is 6.02. The Balaban J connectivity index is 1.25. The van der Waals surface area contributed by atoms with Gasteiger partial charge in [0.15, 0.2) is 0 Å². The highest BCUT2D eigenvalue weighted by molar-refractivity contribution is 5.14. The Morgan fingerprint density at radius 1 is 1.00 bits per heavy atom. The van der Waals surface area contributed by atoms with Crippen molar-refractivity contribution in [1.82, 2.24) is 5.32 Å². The maximum atomic E-state index is 6.02. The van der Waals surface area contributed by atoms with Gasteiger partial charge in [0.25, 0.3) is 0 Å². The Bertz CT molecular complexity index is 418. The minimum absolute atomic E-state index is 0.549. The van der Waals surface area contributed by atoms with Gasteiger partial charge in [-0.25, -0.2) is 0 Å². The van der Waals surface area contributed by atoms with Crippen molar-refractivity contribution in [2.75, 3.05) is 6.61 Å². The minimum Gasteiger partial charge on any atom is -0.378 e. The van der Waals surface area contributed by atoms with E-state index in [2.05, 4.69) is 12.2 Å². The third-order valence-corrected chi connectivity index (χ3v) is 8.28. The Hall–Kier alpha value is -0.0800. The van der Waals surface area contributed by atoms with E-state index in [1.807, 2.05) is 0 Å². The van der Waals surface area contributed by atoms with Crippen molar-refractivity contribution in [2.24, 2.45) is 29.1 Å². The molecule has 0 heterocycles. The molecule has 0 radical (unpaired) electrons. The molecule has 0 aromatic rings. The lowest BCUT2D eigenvalue weighted by molar-refractivity contribution is -0.176. The molecule has 0 saturated heterocycles. The third-order valence-electron chi connectivity index (χ3n) is 8.28. The van der Waals surface area contributed by atoms with Crippen LogP contribution in [0.25, 0.3) is 0 Å². The number of fused-ring (bicyclic) bond motifs is 5. The van der Waals surface area contributed by atoms with Crippen molar-refractivity contribution in [1.29, 1.82) is 0 Å². The van der Waals surface area contributed by atoms with Gasteiger partial charge < -0.3 is 10.1 Å². The van der Waals surface area contributed by atoms with E-state index in [-0.39, 0.29) is 0 Å². The summed E-state index contributed by atoms with van der Waals surface area (Å²) in [5.74, 6) is 4.34. The van der Waals surface area contributed by atoms with Crippen molar-refractivity contribution in [3.63, 3.8) is 0 Å². The molecule has 1 N–H and O–H groups in total. The summed E-state index contributed by atoms with van der Waals surface area (Å²) >= 11 is 0. The van der Waals surface area contributed by atoms with Crippen LogP contribution >= 0.6 is 0 Å². The second-order valence-electron chi connectivity index (χ2n) is 8.75. The van der Waals surface area contributed by atoms with Gasteiger partial charge in [-0.1, -0.05) is 12.8 Å². The SMILES string of the molecule is CCOC1CC(NC2CC3CC2C2CCCC32)C12CCC2. The molecule has 5 rings (SSSR count). The molecular formula is C19H31NO. The molecule has 5 saturated carbocycles. The van der Waals surface area contributed by atoms with Gasteiger partial charge in [-0.05, 0) is 75.5 Å². The van der Waals surface area contributed by atoms with E-state index in [0.717, 1.165) is 42.4 Å². The average Bonchev–Trinajstić information content (AvgIpc) is 3.07. The van der Waals surface area contributed by atoms with Gasteiger partial charge >= 0.3 is 0 Å². The van der Waals surface area contributed by atoms with Crippen LogP contribution in [0.1, 0.15) is 64.7 Å². The maximum absolute atomic E-state index is 6.02. The zero-order valence-corrected chi connectivity index (χ0v) is 13.5. The molecular weight excluding hydrogens is 258 g/mol. The summed E-state index contributed by atoms with van der Waals surface area (Å²) in [6, 6.07) is 1.64. The summed E-state index contributed by atoms with van der Waals surface area (Å²) in [5.41, 5.74) is 0.549. The van der Waals surface area contributed by atoms with E-state index < -0.39 is 0 Å². The Kier molecular flexibility index (Phi) is 3.00. The summed E-state index contributed by atoms with van der Waals surface area (Å²) in [7, 11) is 0. The monoisotopic (exact) mass is 289 g/mol. The lowest BCUT2D eigenvalue weighted by Gasteiger charge is -2.62. The highest BCUT2D eigenvalue weighted by Gasteiger charge is 2.61. The van der Waals surface area contributed by atoms with Crippen molar-refractivity contribution in [2.45, 2.75) is 82.9 Å². The summed E-state index contributed by atoms with van der Waals surface area (Å²) in [5, 5.41) is 4.16. The molecule has 7 unspecified atom stereocenters. The number of nitrogens with one attached hydrogen (secondary N) is 1. The lowest BCUT2D eigenvalue weighted by atomic mass is 9.50. The predicted octanol–water partition coefficient (Wildman–Crippen LogP) is 3.75. The highest BCUT2D eigenvalue weighted by Crippen LogP contribution is 2.61. The van der Waals surface area contributed by atoms with E-state index in [0.29, 0.717) is 11.5 Å². The summed E-state index contributed by atoms with van der Waals surface area (Å²) in [4.78, 5) is 0. The van der Waals surface area contributed by atoms with Crippen LogP contribution in [0.2, 0.25) is 0 Å². The zero-order valence-electron chi connectivity index (χ0n) is 13.5. The molecule has 7 atom stereocenters. The Morgan fingerprint density at radius 3 is 2.62 bits per heavy atom. The fourth-order valence-electron chi connectivity index (χ4n) is 7.19. The van der Waals surface area contributed by atoms with Crippen molar-refractivity contribution >= 4 is 0 Å². The first-order chi connectivity index (χ1) is 10.3. The van der Waals surface area contributed by atoms with Gasteiger partial charge in [-0.3, -0.25) is 0 Å². The van der Waals surface area contributed by atoms with Crippen molar-refractivity contribution < 1.29 is 4.74 Å². The molecule has 5 fully saturated rings. The lowest BCUT2D eigenvalue weighted by Crippen LogP contribution is -2.68. The molecule has 0 aromatic carbocycles. The first-order valence-electron chi connectivity index (χ1n) is 9.69. The maximum Gasteiger partial charge on any atom is 0.0661 e. The van der Waals surface area contributed by atoms with Crippen LogP contribution in [-0.2, 0) is 4.74 Å². The molecule has 1 spiro atoms. The normalized spacial score (nSPS) is 52.7. The van der Waals surface area contributed by atoms with Crippen LogP contribution in [0, 0.1) is 29.1 Å². The van der Waals surface area contributed by atoms with E-state index in [4.69, 9.17) is 4.74 Å². The van der Waals surface area contributed by atoms with Gasteiger partial charge in [0.2, 0.25) is 0 Å². The van der Waals surface area contributed by atoms with Crippen LogP contribution in [0.5, 0.6) is 0 Å². The molecule has 2 nitrogen and oxygen atoms in total. The van der Waals surface area contributed by atoms with Gasteiger partial charge in [0, 0.05) is 24.1 Å². The number of ether oxygens (including phenoxy) is 1. The van der Waals surface area contributed by atoms with Gasteiger partial charge in [-0.2, -0.15) is 0 Å². The van der Waals surface area contributed by atoms with Crippen LogP contribution < -0.4 is 5.32 Å². The molecule has 5 aliphatic carbocycles. The van der Waals surface area contributed by atoms with Crippen LogP contribution in [0.4, 0.5) is 0 Å². The van der Waals surface area contributed by atoms with Gasteiger partial charge in [-0.15, -0.1) is 0 Å². The number of rotatable bonds is 4. The molecule has 118 valence electrons. The summed E-state index contributed by atoms with van der Waals surface area (Å²) in [6.07, 6.45) is 13.8. The smallest absolute Gasteiger partial charge is 0.0661 e. The van der Waals surface area contributed by atoms with Gasteiger partial charge in [0.1, 0.15) is 0 Å². The van der Waals surface area contributed by atoms with E-state index in [9.17, 15) is 0 Å². The van der Waals surface area contributed by atoms with E-state index in [1.165, 1.54) is 38.5 Å². The fraction of sp³-hybridized carbons (Fsp3) is 1.00. The zero-order chi connectivity index (χ0) is 14.0. The van der Waals surface area contributed by atoms with E-state index >= 15 is 0 Å². The van der Waals surface area contributed by atoms with Crippen LogP contribution in [-0.4, -0.2) is 24.8 Å². The average molecular weight is 289 g/mol. The Labute approximate surface area is 129 Å². The number of hydrogen-bond acceptors (Lipinski definition) is 2. The summed E-state index contributed by atoms with van der Waals surface area (Å²) in [6.45, 7) is 3.06. The predicted molar refractivity (Wildman–Crippen MR) is 84.1 cm³/mol. The fourth-order valence-corrected chi connectivity index (χ4v) is 7.19. The Morgan fingerprint density at radius 2 is 1.86 bits per heavy atom. The number of hydrogen-bond donors (Lipinski definition) is 1. The largest absolute Gasteiger partial charge is 0.378 e. The highest BCUT2D eigenvalue weighted by atomic mass is 16.5. The molecule has 0 amide bonds. The molecule has 21 heavy (non-hydrogen) atoms. The quantitative estimate of drug-likeness (QED) is 0.851. The van der Waals surface area contributed by atoms with Gasteiger partial charge in [0.05, 0.1) is 6.10 Å². The standard InChI is InChI=1S/C19H31NO/c1-2-21-18-11-17(19(18)7-4-8-19)20-16-10-12-9-15(16)14-6-3-5-13(12)14/h12-18,20H,2-11H2,1H3. The third kappa shape index (κ3) is 1.72. The second kappa shape index (κ2) is 4.71. The second-order valence-corrected chi connectivity index (χ2v) is 8.75. The topological polar surface area (TPSA) is 21.3 Å². The molecule has 2 heteroatoms. The first kappa shape index (κ1) is 13.4. The minimum atomic E-state index is 0.549.